The van der Waals surface area contributed by atoms with E-state index in [0.717, 1.165) is 11.4 Å². The molecule has 0 aliphatic rings. The van der Waals surface area contributed by atoms with Crippen molar-refractivity contribution in [3.8, 4) is 0 Å². The average Bonchev–Trinajstić information content (AvgIpc) is 2.36. The molecule has 0 aliphatic carbocycles. The highest BCUT2D eigenvalue weighted by Gasteiger charge is 2.02. The molecule has 68 valence electrons. The number of hydrogen-bond acceptors (Lipinski definition) is 4. The number of aliphatic hydroxyl groups is 1. The maximum atomic E-state index is 8.64. The zero-order valence-corrected chi connectivity index (χ0v) is 8.40. The van der Waals surface area contributed by atoms with Crippen LogP contribution in [0.4, 0.5) is 0 Å². The van der Waals surface area contributed by atoms with Gasteiger partial charge in [-0.05, 0) is 7.05 Å². The van der Waals surface area contributed by atoms with Crippen LogP contribution in [0.2, 0.25) is 4.47 Å². The summed E-state index contributed by atoms with van der Waals surface area (Å²) in [6.45, 7) is 1.66. The van der Waals surface area contributed by atoms with Crippen molar-refractivity contribution in [2.24, 2.45) is 0 Å². The van der Waals surface area contributed by atoms with Gasteiger partial charge in [0.1, 0.15) is 0 Å². The third-order valence-electron chi connectivity index (χ3n) is 1.43. The first-order valence-electron chi connectivity index (χ1n) is 3.62. The topological polar surface area (TPSA) is 36.4 Å². The number of rotatable bonds is 4. The Morgan fingerprint density at radius 1 is 1.75 bits per heavy atom. The van der Waals surface area contributed by atoms with Gasteiger partial charge in [0.25, 0.3) is 0 Å². The lowest BCUT2D eigenvalue weighted by molar-refractivity contribution is 0.218. The molecular formula is C7H11ClN2OS. The van der Waals surface area contributed by atoms with Gasteiger partial charge in [-0.15, -0.1) is 11.3 Å². The van der Waals surface area contributed by atoms with Crippen molar-refractivity contribution in [3.63, 3.8) is 0 Å². The molecule has 0 radical (unpaired) electrons. The number of hydrogen-bond donors (Lipinski definition) is 1. The van der Waals surface area contributed by atoms with Gasteiger partial charge in [-0.1, -0.05) is 11.6 Å². The van der Waals surface area contributed by atoms with Crippen molar-refractivity contribution in [1.29, 1.82) is 0 Å². The second-order valence-corrected chi connectivity index (χ2v) is 4.24. The molecule has 5 heteroatoms. The van der Waals surface area contributed by atoms with Crippen LogP contribution in [0, 0.1) is 0 Å². The predicted octanol–water partition coefficient (Wildman–Crippen LogP) is 1.22. The van der Waals surface area contributed by atoms with Gasteiger partial charge in [0.15, 0.2) is 4.47 Å². The molecule has 0 spiro atoms. The fourth-order valence-corrected chi connectivity index (χ4v) is 1.93. The Morgan fingerprint density at radius 2 is 2.50 bits per heavy atom. The first-order valence-corrected chi connectivity index (χ1v) is 4.81. The fraction of sp³-hybridized carbons (Fsp3) is 0.571. The molecule has 12 heavy (non-hydrogen) atoms. The Hall–Kier alpha value is -0.160. The minimum Gasteiger partial charge on any atom is -0.395 e. The summed E-state index contributed by atoms with van der Waals surface area (Å²) in [6, 6.07) is 0. The van der Waals surface area contributed by atoms with Crippen molar-refractivity contribution in [3.05, 3.63) is 15.5 Å². The van der Waals surface area contributed by atoms with Crippen molar-refractivity contribution >= 4 is 22.9 Å². The van der Waals surface area contributed by atoms with E-state index in [1.54, 1.807) is 6.20 Å². The highest BCUT2D eigenvalue weighted by atomic mass is 35.5. The summed E-state index contributed by atoms with van der Waals surface area (Å²) in [5.74, 6) is 0. The molecule has 0 bridgehead atoms. The van der Waals surface area contributed by atoms with Crippen LogP contribution in [0.25, 0.3) is 0 Å². The molecule has 1 aromatic rings. The number of halogens is 1. The maximum absolute atomic E-state index is 8.64. The van der Waals surface area contributed by atoms with E-state index < -0.39 is 0 Å². The van der Waals surface area contributed by atoms with Gasteiger partial charge < -0.3 is 5.11 Å². The van der Waals surface area contributed by atoms with Crippen molar-refractivity contribution in [2.75, 3.05) is 20.2 Å². The molecule has 0 saturated heterocycles. The van der Waals surface area contributed by atoms with Crippen LogP contribution in [0.1, 0.15) is 4.88 Å². The third-order valence-corrected chi connectivity index (χ3v) is 2.53. The minimum absolute atomic E-state index is 0.184. The molecular weight excluding hydrogens is 196 g/mol. The van der Waals surface area contributed by atoms with E-state index in [1.165, 1.54) is 11.3 Å². The smallest absolute Gasteiger partial charge is 0.183 e. The number of likely N-dealkylation sites (N-methyl/N-ethyl adjacent to an activating group) is 1. The van der Waals surface area contributed by atoms with Gasteiger partial charge in [-0.2, -0.15) is 0 Å². The van der Waals surface area contributed by atoms with Crippen LogP contribution in [0.15, 0.2) is 6.20 Å². The quantitative estimate of drug-likeness (QED) is 0.805. The van der Waals surface area contributed by atoms with E-state index in [2.05, 4.69) is 4.98 Å². The molecule has 3 nitrogen and oxygen atoms in total. The first-order chi connectivity index (χ1) is 5.72. The van der Waals surface area contributed by atoms with E-state index >= 15 is 0 Å². The Kier molecular flexibility index (Phi) is 3.94. The van der Waals surface area contributed by atoms with E-state index in [0.29, 0.717) is 11.0 Å². The van der Waals surface area contributed by atoms with Gasteiger partial charge >= 0.3 is 0 Å². The molecule has 1 N–H and O–H groups in total. The zero-order chi connectivity index (χ0) is 8.97. The molecule has 0 fully saturated rings. The van der Waals surface area contributed by atoms with Crippen LogP contribution in [0.5, 0.6) is 0 Å². The highest BCUT2D eigenvalue weighted by molar-refractivity contribution is 7.15. The van der Waals surface area contributed by atoms with E-state index in [-0.39, 0.29) is 6.61 Å². The van der Waals surface area contributed by atoms with Crippen LogP contribution >= 0.6 is 22.9 Å². The fourth-order valence-electron chi connectivity index (χ4n) is 0.873. The lowest BCUT2D eigenvalue weighted by Gasteiger charge is -2.12. The van der Waals surface area contributed by atoms with E-state index in [9.17, 15) is 0 Å². The number of aromatic nitrogens is 1. The molecule has 0 unspecified atom stereocenters. The second kappa shape index (κ2) is 4.77. The maximum Gasteiger partial charge on any atom is 0.183 e. The van der Waals surface area contributed by atoms with Crippen LogP contribution < -0.4 is 0 Å². The molecule has 0 saturated carbocycles. The lowest BCUT2D eigenvalue weighted by atomic mass is 10.5. The monoisotopic (exact) mass is 206 g/mol. The average molecular weight is 207 g/mol. The largest absolute Gasteiger partial charge is 0.395 e. The molecule has 1 aromatic heterocycles. The summed E-state index contributed by atoms with van der Waals surface area (Å²) >= 11 is 7.13. The predicted molar refractivity (Wildman–Crippen MR) is 50.5 cm³/mol. The second-order valence-electron chi connectivity index (χ2n) is 2.54. The van der Waals surface area contributed by atoms with Gasteiger partial charge in [-0.25, -0.2) is 4.98 Å². The molecule has 1 heterocycles. The van der Waals surface area contributed by atoms with Crippen LogP contribution in [-0.4, -0.2) is 35.2 Å². The summed E-state index contributed by atoms with van der Waals surface area (Å²) in [7, 11) is 1.95. The highest BCUT2D eigenvalue weighted by Crippen LogP contribution is 2.18. The lowest BCUT2D eigenvalue weighted by Crippen LogP contribution is -2.20. The van der Waals surface area contributed by atoms with Gasteiger partial charge in [0.05, 0.1) is 6.61 Å². The molecule has 1 rings (SSSR count). The summed E-state index contributed by atoms with van der Waals surface area (Å²) in [5, 5.41) is 8.64. The third kappa shape index (κ3) is 3.06. The normalized spacial score (nSPS) is 11.0. The number of aliphatic hydroxyl groups excluding tert-OH is 1. The van der Waals surface area contributed by atoms with E-state index in [1.807, 2.05) is 11.9 Å². The Labute approximate surface area is 80.6 Å². The first kappa shape index (κ1) is 9.92. The molecule has 0 aliphatic heterocycles. The Balaban J connectivity index is 2.41. The van der Waals surface area contributed by atoms with Crippen molar-refractivity contribution in [1.82, 2.24) is 9.88 Å². The summed E-state index contributed by atoms with van der Waals surface area (Å²) in [6.07, 6.45) is 1.76. The molecule has 0 aromatic carbocycles. The minimum atomic E-state index is 0.184. The van der Waals surface area contributed by atoms with Crippen molar-refractivity contribution < 1.29 is 5.11 Å². The number of thiazole rings is 1. The summed E-state index contributed by atoms with van der Waals surface area (Å²) in [4.78, 5) is 7.06. The van der Waals surface area contributed by atoms with E-state index in [4.69, 9.17) is 16.7 Å². The zero-order valence-electron chi connectivity index (χ0n) is 6.83. The Bertz CT molecular complexity index is 241. The van der Waals surface area contributed by atoms with Crippen LogP contribution in [-0.2, 0) is 6.54 Å². The van der Waals surface area contributed by atoms with Gasteiger partial charge in [0, 0.05) is 24.2 Å². The summed E-state index contributed by atoms with van der Waals surface area (Å²) < 4.78 is 0.572. The Morgan fingerprint density at radius 3 is 3.00 bits per heavy atom. The SMILES string of the molecule is CN(CCO)Cc1cnc(Cl)s1. The van der Waals surface area contributed by atoms with Crippen molar-refractivity contribution in [2.45, 2.75) is 6.54 Å². The summed E-state index contributed by atoms with van der Waals surface area (Å²) in [5.41, 5.74) is 0. The molecule has 0 amide bonds. The van der Waals surface area contributed by atoms with Gasteiger partial charge in [-0.3, -0.25) is 4.90 Å². The molecule has 0 atom stereocenters. The standard InChI is InChI=1S/C7H11ClN2OS/c1-10(2-3-11)5-6-4-9-7(8)12-6/h4,11H,2-3,5H2,1H3. The number of nitrogens with zero attached hydrogens (tertiary/aromatic N) is 2. The van der Waals surface area contributed by atoms with Crippen LogP contribution in [0.3, 0.4) is 0 Å². The van der Waals surface area contributed by atoms with Gasteiger partial charge in [0.2, 0.25) is 0 Å².